The minimum Gasteiger partial charge on any atom is -0.494 e. The van der Waals surface area contributed by atoms with E-state index < -0.39 is 0 Å². The smallest absolute Gasteiger partial charge is 0.325 e. The van der Waals surface area contributed by atoms with E-state index in [-0.39, 0.29) is 30.9 Å². The molecular weight excluding hydrogens is 580 g/mol. The highest BCUT2D eigenvalue weighted by Gasteiger charge is 2.26. The van der Waals surface area contributed by atoms with Crippen LogP contribution in [0.3, 0.4) is 0 Å². The molecule has 0 spiro atoms. The fraction of sp³-hybridized carbons (Fsp3) is 0.568. The number of aliphatic imine (C=N–C) groups is 1. The van der Waals surface area contributed by atoms with Gasteiger partial charge < -0.3 is 19.3 Å². The molecule has 9 nitrogen and oxygen atoms in total. The summed E-state index contributed by atoms with van der Waals surface area (Å²) in [5.74, 6) is 1.20. The molecule has 0 saturated heterocycles. The Kier molecular flexibility index (Phi) is 12.5. The average Bonchev–Trinajstić information content (AvgIpc) is 3.08. The van der Waals surface area contributed by atoms with E-state index in [2.05, 4.69) is 5.32 Å². The third-order valence-corrected chi connectivity index (χ3v) is 9.52. The Labute approximate surface area is 273 Å². The molecular formula is C37H50N4O5. The molecule has 0 atom stereocenters. The summed E-state index contributed by atoms with van der Waals surface area (Å²) in [5.41, 5.74) is 2.74. The minimum atomic E-state index is -0.371. The summed E-state index contributed by atoms with van der Waals surface area (Å²) in [6.45, 7) is 1.07. The van der Waals surface area contributed by atoms with Gasteiger partial charge in [-0.25, -0.2) is 4.99 Å². The SMILES string of the molecule is CN(C(=O)CCCOc1ccc2c(c1)CN(CC(=O)OCCc1ccccc1)C(NC(=O)CC1CCCCC1)=N2)C1CCCCC1. The summed E-state index contributed by atoms with van der Waals surface area (Å²) >= 11 is 0. The third kappa shape index (κ3) is 10.1. The maximum Gasteiger partial charge on any atom is 0.325 e. The van der Waals surface area contributed by atoms with Crippen molar-refractivity contribution in [3.8, 4) is 5.75 Å². The van der Waals surface area contributed by atoms with Crippen LogP contribution < -0.4 is 10.1 Å². The van der Waals surface area contributed by atoms with Gasteiger partial charge in [-0.05, 0) is 61.8 Å². The number of benzene rings is 2. The van der Waals surface area contributed by atoms with Crippen molar-refractivity contribution in [3.63, 3.8) is 0 Å². The number of rotatable bonds is 13. The van der Waals surface area contributed by atoms with E-state index in [0.717, 1.165) is 42.5 Å². The van der Waals surface area contributed by atoms with Gasteiger partial charge in [-0.15, -0.1) is 0 Å². The molecule has 46 heavy (non-hydrogen) atoms. The number of carbonyl (C=O) groups excluding carboxylic acids is 3. The number of esters is 1. The van der Waals surface area contributed by atoms with Crippen molar-refractivity contribution in [2.24, 2.45) is 10.9 Å². The van der Waals surface area contributed by atoms with E-state index in [0.29, 0.717) is 62.5 Å². The van der Waals surface area contributed by atoms with Gasteiger partial charge in [0.25, 0.3) is 0 Å². The number of nitrogens with zero attached hydrogens (tertiary/aromatic N) is 3. The van der Waals surface area contributed by atoms with Crippen LogP contribution in [-0.4, -0.2) is 66.4 Å². The lowest BCUT2D eigenvalue weighted by atomic mass is 9.87. The number of carbonyl (C=O) groups is 3. The predicted octanol–water partition coefficient (Wildman–Crippen LogP) is 6.31. The summed E-state index contributed by atoms with van der Waals surface area (Å²) in [4.78, 5) is 47.1. The number of ether oxygens (including phenoxy) is 2. The van der Waals surface area contributed by atoms with Crippen molar-refractivity contribution in [2.45, 2.75) is 102 Å². The van der Waals surface area contributed by atoms with E-state index in [1.807, 2.05) is 60.5 Å². The van der Waals surface area contributed by atoms with Crippen LogP contribution in [0.5, 0.6) is 5.75 Å². The number of hydrogen-bond acceptors (Lipinski definition) is 7. The molecule has 1 heterocycles. The van der Waals surface area contributed by atoms with Gasteiger partial charge in [-0.1, -0.05) is 68.9 Å². The standard InChI is InChI=1S/C37H50N4O5/c1-40(31-16-9-4-10-17-31)35(43)18-11-22-45-32-19-20-33-30(25-32)26-41(27-36(44)46-23-21-28-12-5-2-6-13-28)37(38-33)39-34(42)24-29-14-7-3-8-15-29/h2,5-6,12-13,19-20,25,29,31H,3-4,7-11,14-18,21-24,26-27H2,1H3,(H,38,39,42). The molecule has 1 N–H and O–H groups in total. The van der Waals surface area contributed by atoms with Crippen LogP contribution in [0.1, 0.15) is 94.6 Å². The summed E-state index contributed by atoms with van der Waals surface area (Å²) < 4.78 is 11.6. The highest BCUT2D eigenvalue weighted by molar-refractivity contribution is 6.00. The number of amides is 2. The third-order valence-electron chi connectivity index (χ3n) is 9.52. The molecule has 2 aliphatic carbocycles. The van der Waals surface area contributed by atoms with Gasteiger partial charge in [0.2, 0.25) is 17.8 Å². The first-order valence-electron chi connectivity index (χ1n) is 17.3. The van der Waals surface area contributed by atoms with Crippen LogP contribution in [0.15, 0.2) is 53.5 Å². The van der Waals surface area contributed by atoms with Crippen LogP contribution in [0.2, 0.25) is 0 Å². The fourth-order valence-electron chi connectivity index (χ4n) is 6.81. The first-order chi connectivity index (χ1) is 22.4. The van der Waals surface area contributed by atoms with Gasteiger partial charge in [0.15, 0.2) is 0 Å². The predicted molar refractivity (Wildman–Crippen MR) is 179 cm³/mol. The van der Waals surface area contributed by atoms with Gasteiger partial charge in [0.1, 0.15) is 12.3 Å². The lowest BCUT2D eigenvalue weighted by Crippen LogP contribution is -2.47. The molecule has 5 rings (SSSR count). The lowest BCUT2D eigenvalue weighted by molar-refractivity contribution is -0.144. The first kappa shape index (κ1) is 33.5. The number of nitrogens with one attached hydrogen (secondary N) is 1. The monoisotopic (exact) mass is 630 g/mol. The van der Waals surface area contributed by atoms with Crippen molar-refractivity contribution >= 4 is 29.4 Å². The molecule has 0 aromatic heterocycles. The fourth-order valence-corrected chi connectivity index (χ4v) is 6.81. The second-order valence-electron chi connectivity index (χ2n) is 13.0. The minimum absolute atomic E-state index is 0.0293. The summed E-state index contributed by atoms with van der Waals surface area (Å²) in [6.07, 6.45) is 13.8. The van der Waals surface area contributed by atoms with Crippen LogP contribution in [0.4, 0.5) is 5.69 Å². The summed E-state index contributed by atoms with van der Waals surface area (Å²) in [7, 11) is 1.93. The van der Waals surface area contributed by atoms with Crippen molar-refractivity contribution in [3.05, 3.63) is 59.7 Å². The van der Waals surface area contributed by atoms with Crippen molar-refractivity contribution in [2.75, 3.05) is 26.8 Å². The Balaban J connectivity index is 1.17. The van der Waals surface area contributed by atoms with Crippen LogP contribution in [-0.2, 0) is 32.1 Å². The Bertz CT molecular complexity index is 1330. The number of hydrogen-bond donors (Lipinski definition) is 1. The topological polar surface area (TPSA) is 101 Å². The van der Waals surface area contributed by atoms with E-state index in [9.17, 15) is 14.4 Å². The Hall–Kier alpha value is -3.88. The molecule has 3 aliphatic rings. The molecule has 0 unspecified atom stereocenters. The average molecular weight is 631 g/mol. The van der Waals surface area contributed by atoms with Gasteiger partial charge >= 0.3 is 5.97 Å². The maximum atomic E-state index is 13.1. The summed E-state index contributed by atoms with van der Waals surface area (Å²) in [5, 5.41) is 3.01. The molecule has 9 heteroatoms. The van der Waals surface area contributed by atoms with E-state index in [4.69, 9.17) is 14.5 Å². The van der Waals surface area contributed by atoms with Crippen LogP contribution >= 0.6 is 0 Å². The Morgan fingerprint density at radius 3 is 2.43 bits per heavy atom. The highest BCUT2D eigenvalue weighted by atomic mass is 16.5. The van der Waals surface area contributed by atoms with E-state index >= 15 is 0 Å². The molecule has 2 fully saturated rings. The summed E-state index contributed by atoms with van der Waals surface area (Å²) in [6, 6.07) is 16.0. The highest BCUT2D eigenvalue weighted by Crippen LogP contribution is 2.31. The maximum absolute atomic E-state index is 13.1. The molecule has 2 aromatic carbocycles. The molecule has 0 radical (unpaired) electrons. The Morgan fingerprint density at radius 1 is 0.935 bits per heavy atom. The van der Waals surface area contributed by atoms with Crippen LogP contribution in [0, 0.1) is 5.92 Å². The second-order valence-corrected chi connectivity index (χ2v) is 13.0. The van der Waals surface area contributed by atoms with Gasteiger partial charge in [0, 0.05) is 44.5 Å². The van der Waals surface area contributed by atoms with Gasteiger partial charge in [0.05, 0.1) is 18.9 Å². The van der Waals surface area contributed by atoms with Crippen LogP contribution in [0.25, 0.3) is 0 Å². The van der Waals surface area contributed by atoms with E-state index in [1.165, 1.54) is 38.5 Å². The molecule has 248 valence electrons. The lowest BCUT2D eigenvalue weighted by Gasteiger charge is -2.31. The normalized spacial score (nSPS) is 17.1. The van der Waals surface area contributed by atoms with Crippen molar-refractivity contribution in [1.29, 1.82) is 0 Å². The number of guanidine groups is 1. The van der Waals surface area contributed by atoms with Gasteiger partial charge in [-0.2, -0.15) is 0 Å². The quantitative estimate of drug-likeness (QED) is 0.206. The zero-order valence-electron chi connectivity index (χ0n) is 27.4. The molecule has 2 saturated carbocycles. The molecule has 2 amide bonds. The number of fused-ring (bicyclic) bond motifs is 1. The van der Waals surface area contributed by atoms with Crippen molar-refractivity contribution < 1.29 is 23.9 Å². The molecule has 0 bridgehead atoms. The second kappa shape index (κ2) is 17.2. The largest absolute Gasteiger partial charge is 0.494 e. The van der Waals surface area contributed by atoms with E-state index in [1.54, 1.807) is 4.90 Å². The molecule has 2 aromatic rings. The molecule has 1 aliphatic heterocycles. The zero-order valence-corrected chi connectivity index (χ0v) is 27.4. The van der Waals surface area contributed by atoms with Gasteiger partial charge in [-0.3, -0.25) is 19.7 Å². The van der Waals surface area contributed by atoms with Crippen molar-refractivity contribution in [1.82, 2.24) is 15.1 Å². The Morgan fingerprint density at radius 2 is 1.67 bits per heavy atom. The zero-order chi connectivity index (χ0) is 32.1. The first-order valence-corrected chi connectivity index (χ1v) is 17.3.